The van der Waals surface area contributed by atoms with Crippen molar-refractivity contribution in [3.05, 3.63) is 60.2 Å². The van der Waals surface area contributed by atoms with E-state index in [2.05, 4.69) is 5.32 Å². The fourth-order valence-electron chi connectivity index (χ4n) is 3.71. The van der Waals surface area contributed by atoms with Gasteiger partial charge < -0.3 is 26.4 Å². The van der Waals surface area contributed by atoms with Crippen LogP contribution in [0.4, 0.5) is 5.69 Å². The number of nitrogens with zero attached hydrogens (tertiary/aromatic N) is 1. The van der Waals surface area contributed by atoms with Gasteiger partial charge in [0.25, 0.3) is 0 Å². The molecule has 0 radical (unpaired) electrons. The van der Waals surface area contributed by atoms with Gasteiger partial charge in [0, 0.05) is 36.7 Å². The van der Waals surface area contributed by atoms with Gasteiger partial charge in [-0.3, -0.25) is 14.4 Å². The second-order valence-corrected chi connectivity index (χ2v) is 8.90. The Balaban J connectivity index is 0.00000408. The maximum Gasteiger partial charge on any atom is 0.227 e. The first-order chi connectivity index (χ1) is 16.0. The molecule has 34 heavy (non-hydrogen) atoms. The molecule has 0 saturated carbocycles. The standard InChI is InChI=1S/C24H30N4O4S.ClH/c25-11-12-27-24(31)19(16-32-15-17-6-2-1-3-7-17)18(23(26)30)14-28-20-8-4-5-9-21(20)33-13-10-22(28)29;/h1-9,18-19H,10-16,25H2,(H2,26,30)(H,27,31);1H/t18?,19-;/m0./s1. The lowest BCUT2D eigenvalue weighted by Crippen LogP contribution is -2.49. The van der Waals surface area contributed by atoms with E-state index in [0.29, 0.717) is 12.2 Å². The number of halogens is 1. The van der Waals surface area contributed by atoms with Crippen molar-refractivity contribution in [2.75, 3.05) is 36.9 Å². The van der Waals surface area contributed by atoms with Crippen molar-refractivity contribution in [2.45, 2.75) is 17.9 Å². The SMILES string of the molecule is Cl.NCCNC(=O)[C@@H](COCc1ccccc1)C(CN1C(=O)CCSc2ccccc21)C(N)=O. The summed E-state index contributed by atoms with van der Waals surface area (Å²) in [5.74, 6) is -2.29. The van der Waals surface area contributed by atoms with Crippen LogP contribution in [-0.2, 0) is 25.7 Å². The number of amides is 3. The number of ether oxygens (including phenoxy) is 1. The van der Waals surface area contributed by atoms with E-state index in [0.717, 1.165) is 16.1 Å². The first kappa shape index (κ1) is 27.7. The van der Waals surface area contributed by atoms with Gasteiger partial charge in [-0.05, 0) is 17.7 Å². The molecule has 3 amide bonds. The third-order valence-corrected chi connectivity index (χ3v) is 6.51. The van der Waals surface area contributed by atoms with Crippen molar-refractivity contribution in [3.8, 4) is 0 Å². The molecule has 184 valence electrons. The monoisotopic (exact) mass is 506 g/mol. The van der Waals surface area contributed by atoms with Crippen LogP contribution >= 0.6 is 24.2 Å². The van der Waals surface area contributed by atoms with Gasteiger partial charge in [-0.25, -0.2) is 0 Å². The molecular weight excluding hydrogens is 476 g/mol. The van der Waals surface area contributed by atoms with Gasteiger partial charge in [0.05, 0.1) is 30.7 Å². The zero-order valence-corrected chi connectivity index (χ0v) is 20.5. The predicted molar refractivity (Wildman–Crippen MR) is 136 cm³/mol. The first-order valence-corrected chi connectivity index (χ1v) is 11.9. The molecule has 8 nitrogen and oxygen atoms in total. The Hall–Kier alpha value is -2.59. The van der Waals surface area contributed by atoms with E-state index in [1.54, 1.807) is 16.7 Å². The molecule has 2 aromatic carbocycles. The quantitative estimate of drug-likeness (QED) is 0.427. The number of hydrogen-bond acceptors (Lipinski definition) is 6. The van der Waals surface area contributed by atoms with Crippen molar-refractivity contribution >= 4 is 47.6 Å². The van der Waals surface area contributed by atoms with Crippen molar-refractivity contribution in [1.29, 1.82) is 0 Å². The molecule has 0 aliphatic carbocycles. The Morgan fingerprint density at radius 1 is 1.09 bits per heavy atom. The highest BCUT2D eigenvalue weighted by molar-refractivity contribution is 7.99. The second kappa shape index (κ2) is 14.0. The topological polar surface area (TPSA) is 128 Å². The molecule has 0 spiro atoms. The van der Waals surface area contributed by atoms with Crippen LogP contribution in [0.3, 0.4) is 0 Å². The summed E-state index contributed by atoms with van der Waals surface area (Å²) in [5.41, 5.74) is 13.0. The smallest absolute Gasteiger partial charge is 0.227 e. The minimum Gasteiger partial charge on any atom is -0.376 e. The fourth-order valence-corrected chi connectivity index (χ4v) is 4.71. The van der Waals surface area contributed by atoms with Crippen molar-refractivity contribution in [3.63, 3.8) is 0 Å². The number of primary amides is 1. The van der Waals surface area contributed by atoms with Crippen LogP contribution in [0.1, 0.15) is 12.0 Å². The molecule has 1 aliphatic heterocycles. The van der Waals surface area contributed by atoms with Crippen molar-refractivity contribution in [1.82, 2.24) is 5.32 Å². The van der Waals surface area contributed by atoms with E-state index in [4.69, 9.17) is 16.2 Å². The van der Waals surface area contributed by atoms with Gasteiger partial charge in [0.2, 0.25) is 17.7 Å². The molecule has 5 N–H and O–H groups in total. The third-order valence-electron chi connectivity index (χ3n) is 5.45. The van der Waals surface area contributed by atoms with E-state index in [1.165, 1.54) is 0 Å². The third kappa shape index (κ3) is 7.46. The largest absolute Gasteiger partial charge is 0.376 e. The molecule has 0 bridgehead atoms. The number of nitrogens with one attached hydrogen (secondary N) is 1. The Bertz CT molecular complexity index is 963. The summed E-state index contributed by atoms with van der Waals surface area (Å²) in [4.78, 5) is 41.0. The average Bonchev–Trinajstić information content (AvgIpc) is 2.98. The Morgan fingerprint density at radius 3 is 2.50 bits per heavy atom. The maximum atomic E-state index is 13.0. The van der Waals surface area contributed by atoms with E-state index in [9.17, 15) is 14.4 Å². The molecule has 1 heterocycles. The zero-order chi connectivity index (χ0) is 23.6. The van der Waals surface area contributed by atoms with Crippen LogP contribution < -0.4 is 21.7 Å². The van der Waals surface area contributed by atoms with E-state index in [1.807, 2.05) is 54.6 Å². The number of thioether (sulfide) groups is 1. The van der Waals surface area contributed by atoms with Crippen molar-refractivity contribution < 1.29 is 19.1 Å². The molecule has 1 aliphatic rings. The van der Waals surface area contributed by atoms with Gasteiger partial charge in [-0.15, -0.1) is 24.2 Å². The summed E-state index contributed by atoms with van der Waals surface area (Å²) >= 11 is 1.59. The molecule has 1 unspecified atom stereocenters. The highest BCUT2D eigenvalue weighted by atomic mass is 35.5. The number of nitrogens with two attached hydrogens (primary N) is 2. The average molecular weight is 507 g/mol. The van der Waals surface area contributed by atoms with E-state index in [-0.39, 0.29) is 57.1 Å². The molecule has 0 aromatic heterocycles. The van der Waals surface area contributed by atoms with Gasteiger partial charge in [-0.1, -0.05) is 42.5 Å². The normalized spacial score (nSPS) is 14.9. The van der Waals surface area contributed by atoms with Crippen molar-refractivity contribution in [2.24, 2.45) is 23.3 Å². The van der Waals surface area contributed by atoms with Crippen LogP contribution in [0.25, 0.3) is 0 Å². The maximum absolute atomic E-state index is 13.0. The minimum atomic E-state index is -0.932. The number of carbonyl (C=O) groups is 3. The van der Waals surface area contributed by atoms with Crippen LogP contribution in [0.2, 0.25) is 0 Å². The Morgan fingerprint density at radius 2 is 1.79 bits per heavy atom. The molecular formula is C24H31ClN4O4S. The highest BCUT2D eigenvalue weighted by Crippen LogP contribution is 2.35. The summed E-state index contributed by atoms with van der Waals surface area (Å²) in [6.45, 7) is 0.801. The number of anilines is 1. The zero-order valence-electron chi connectivity index (χ0n) is 18.9. The number of hydrogen-bond donors (Lipinski definition) is 3. The number of para-hydroxylation sites is 1. The lowest BCUT2D eigenvalue weighted by atomic mass is 9.90. The van der Waals surface area contributed by atoms with E-state index < -0.39 is 17.7 Å². The Labute approximate surface area is 210 Å². The van der Waals surface area contributed by atoms with Crippen LogP contribution in [0.15, 0.2) is 59.5 Å². The fraction of sp³-hybridized carbons (Fsp3) is 0.375. The van der Waals surface area contributed by atoms with Crippen LogP contribution in [0.5, 0.6) is 0 Å². The summed E-state index contributed by atoms with van der Waals surface area (Å²) < 4.78 is 5.82. The molecule has 2 atom stereocenters. The predicted octanol–water partition coefficient (Wildman–Crippen LogP) is 1.95. The van der Waals surface area contributed by atoms with Crippen LogP contribution in [-0.4, -0.2) is 49.7 Å². The molecule has 0 saturated heterocycles. The molecule has 3 rings (SSSR count). The Kier molecular flexibility index (Phi) is 11.4. The summed E-state index contributed by atoms with van der Waals surface area (Å²) in [6.07, 6.45) is 0.333. The summed E-state index contributed by atoms with van der Waals surface area (Å²) in [5, 5.41) is 2.74. The lowest BCUT2D eigenvalue weighted by molar-refractivity contribution is -0.136. The number of carbonyl (C=O) groups excluding carboxylic acids is 3. The minimum absolute atomic E-state index is 0. The number of benzene rings is 2. The highest BCUT2D eigenvalue weighted by Gasteiger charge is 2.36. The molecule has 0 fully saturated rings. The first-order valence-electron chi connectivity index (χ1n) is 10.9. The van der Waals surface area contributed by atoms with E-state index >= 15 is 0 Å². The van der Waals surface area contributed by atoms with Gasteiger partial charge in [0.15, 0.2) is 0 Å². The number of fused-ring (bicyclic) bond motifs is 1. The molecule has 10 heteroatoms. The van der Waals surface area contributed by atoms with Crippen LogP contribution in [0, 0.1) is 11.8 Å². The number of rotatable bonds is 11. The van der Waals surface area contributed by atoms with Gasteiger partial charge in [0.1, 0.15) is 0 Å². The summed E-state index contributed by atoms with van der Waals surface area (Å²) in [6, 6.07) is 17.1. The lowest BCUT2D eigenvalue weighted by Gasteiger charge is -2.30. The van der Waals surface area contributed by atoms with Gasteiger partial charge >= 0.3 is 0 Å². The second-order valence-electron chi connectivity index (χ2n) is 7.77. The summed E-state index contributed by atoms with van der Waals surface area (Å²) in [7, 11) is 0. The molecule has 2 aromatic rings. The van der Waals surface area contributed by atoms with Gasteiger partial charge in [-0.2, -0.15) is 0 Å².